The van der Waals surface area contributed by atoms with Gasteiger partial charge < -0.3 is 0 Å². The van der Waals surface area contributed by atoms with Crippen LogP contribution in [0.15, 0.2) is 60.8 Å². The van der Waals surface area contributed by atoms with Gasteiger partial charge in [0.05, 0.1) is 5.52 Å². The summed E-state index contributed by atoms with van der Waals surface area (Å²) in [6.07, 6.45) is 2.32. The Bertz CT molecular complexity index is 772. The lowest BCUT2D eigenvalue weighted by molar-refractivity contribution is 0.0988. The number of fused-ring (bicyclic) bond motifs is 1. The number of aromatic nitrogens is 1. The van der Waals surface area contributed by atoms with Crippen molar-refractivity contribution in [2.24, 2.45) is 0 Å². The predicted molar refractivity (Wildman–Crippen MR) is 81.8 cm³/mol. The number of nitrogens with zero attached hydrogens (tertiary/aromatic N) is 1. The van der Waals surface area contributed by atoms with Crippen LogP contribution in [0.5, 0.6) is 0 Å². The molecule has 0 bridgehead atoms. The first-order valence-corrected chi connectivity index (χ1v) is 6.77. The molecular formula is C18H15NO. The first-order chi connectivity index (χ1) is 9.79. The average Bonchev–Trinajstić information content (AvgIpc) is 2.53. The zero-order valence-electron chi connectivity index (χ0n) is 11.3. The van der Waals surface area contributed by atoms with Gasteiger partial charge in [0.25, 0.3) is 0 Å². The molecule has 2 aromatic carbocycles. The van der Waals surface area contributed by atoms with Crippen molar-refractivity contribution in [3.63, 3.8) is 0 Å². The number of carbonyl (C=O) groups excluding carboxylic acids is 1. The summed E-state index contributed by atoms with van der Waals surface area (Å²) in [5, 5.41) is 1.11. The van der Waals surface area contributed by atoms with Crippen molar-refractivity contribution in [2.75, 3.05) is 0 Å². The number of rotatable bonds is 3. The maximum Gasteiger partial charge on any atom is 0.162 e. The Kier molecular flexibility index (Phi) is 3.30. The molecule has 0 spiro atoms. The highest BCUT2D eigenvalue weighted by molar-refractivity contribution is 5.99. The largest absolute Gasteiger partial charge is 0.294 e. The molecule has 0 N–H and O–H groups in total. The number of hydrogen-bond donors (Lipinski definition) is 0. The van der Waals surface area contributed by atoms with Crippen LogP contribution in [0.2, 0.25) is 0 Å². The first kappa shape index (κ1) is 12.5. The molecule has 1 aromatic heterocycles. The predicted octanol–water partition coefficient (Wildman–Crippen LogP) is 4.49. The molecule has 0 saturated carbocycles. The van der Waals surface area contributed by atoms with E-state index in [1.165, 1.54) is 0 Å². The standard InChI is InChI=1S/C18H15NO/c1-2-17(20)15-8-3-7-14(12-15)16-10-4-6-13-9-5-11-19-18(13)16/h3-12H,2H2,1H3. The summed E-state index contributed by atoms with van der Waals surface area (Å²) in [7, 11) is 0. The molecular weight excluding hydrogens is 246 g/mol. The highest BCUT2D eigenvalue weighted by Gasteiger charge is 2.08. The topological polar surface area (TPSA) is 30.0 Å². The van der Waals surface area contributed by atoms with Gasteiger partial charge in [0.15, 0.2) is 5.78 Å². The van der Waals surface area contributed by atoms with Gasteiger partial charge in [0, 0.05) is 29.1 Å². The van der Waals surface area contributed by atoms with Crippen LogP contribution in [0.1, 0.15) is 23.7 Å². The maximum atomic E-state index is 11.8. The van der Waals surface area contributed by atoms with Crippen LogP contribution in [0.3, 0.4) is 0 Å². The Morgan fingerprint density at radius 3 is 2.70 bits per heavy atom. The molecule has 1 heterocycles. The van der Waals surface area contributed by atoms with E-state index < -0.39 is 0 Å². The van der Waals surface area contributed by atoms with Gasteiger partial charge in [0.1, 0.15) is 0 Å². The van der Waals surface area contributed by atoms with Crippen molar-refractivity contribution in [3.8, 4) is 11.1 Å². The molecule has 2 heteroatoms. The summed E-state index contributed by atoms with van der Waals surface area (Å²) in [5.74, 6) is 0.167. The highest BCUT2D eigenvalue weighted by Crippen LogP contribution is 2.27. The smallest absolute Gasteiger partial charge is 0.162 e. The molecule has 0 aliphatic rings. The van der Waals surface area contributed by atoms with Gasteiger partial charge in [-0.2, -0.15) is 0 Å². The number of Topliss-reactive ketones (excluding diaryl/α,β-unsaturated/α-hetero) is 1. The minimum atomic E-state index is 0.167. The van der Waals surface area contributed by atoms with E-state index in [1.807, 2.05) is 61.5 Å². The molecule has 0 unspecified atom stereocenters. The third-order valence-electron chi connectivity index (χ3n) is 3.45. The van der Waals surface area contributed by atoms with Crippen molar-refractivity contribution in [1.29, 1.82) is 0 Å². The van der Waals surface area contributed by atoms with Gasteiger partial charge in [-0.3, -0.25) is 9.78 Å². The van der Waals surface area contributed by atoms with Crippen molar-refractivity contribution < 1.29 is 4.79 Å². The van der Waals surface area contributed by atoms with E-state index >= 15 is 0 Å². The fraction of sp³-hybridized carbons (Fsp3) is 0.111. The van der Waals surface area contributed by atoms with Gasteiger partial charge in [-0.1, -0.05) is 49.4 Å². The third-order valence-corrected chi connectivity index (χ3v) is 3.45. The lowest BCUT2D eigenvalue weighted by atomic mass is 9.98. The zero-order chi connectivity index (χ0) is 13.9. The average molecular weight is 261 g/mol. The first-order valence-electron chi connectivity index (χ1n) is 6.77. The summed E-state index contributed by atoms with van der Waals surface area (Å²) in [6, 6.07) is 17.9. The van der Waals surface area contributed by atoms with Crippen LogP contribution in [0.25, 0.3) is 22.0 Å². The van der Waals surface area contributed by atoms with E-state index in [0.29, 0.717) is 6.42 Å². The Balaban J connectivity index is 2.18. The molecule has 0 radical (unpaired) electrons. The molecule has 3 rings (SSSR count). The molecule has 0 atom stereocenters. The van der Waals surface area contributed by atoms with Crippen LogP contribution >= 0.6 is 0 Å². The van der Waals surface area contributed by atoms with E-state index in [1.54, 1.807) is 6.20 Å². The van der Waals surface area contributed by atoms with Crippen LogP contribution in [-0.2, 0) is 0 Å². The number of carbonyl (C=O) groups is 1. The van der Waals surface area contributed by atoms with Crippen molar-refractivity contribution in [2.45, 2.75) is 13.3 Å². The quantitative estimate of drug-likeness (QED) is 0.650. The molecule has 0 amide bonds. The normalized spacial score (nSPS) is 10.7. The van der Waals surface area contributed by atoms with Crippen molar-refractivity contribution >= 4 is 16.7 Å². The van der Waals surface area contributed by atoms with Gasteiger partial charge >= 0.3 is 0 Å². The fourth-order valence-corrected chi connectivity index (χ4v) is 2.40. The number of hydrogen-bond acceptors (Lipinski definition) is 2. The lowest BCUT2D eigenvalue weighted by Gasteiger charge is -2.07. The summed E-state index contributed by atoms with van der Waals surface area (Å²) in [6.45, 7) is 1.88. The number of para-hydroxylation sites is 1. The second-order valence-electron chi connectivity index (χ2n) is 4.74. The molecule has 98 valence electrons. The molecule has 0 aliphatic carbocycles. The number of benzene rings is 2. The monoisotopic (exact) mass is 261 g/mol. The van der Waals surface area contributed by atoms with Crippen LogP contribution < -0.4 is 0 Å². The Morgan fingerprint density at radius 2 is 1.85 bits per heavy atom. The van der Waals surface area contributed by atoms with E-state index in [-0.39, 0.29) is 5.78 Å². The van der Waals surface area contributed by atoms with E-state index in [4.69, 9.17) is 0 Å². The Labute approximate surface area is 118 Å². The summed E-state index contributed by atoms with van der Waals surface area (Å²) < 4.78 is 0. The second kappa shape index (κ2) is 5.25. The molecule has 0 aliphatic heterocycles. The maximum absolute atomic E-state index is 11.8. The van der Waals surface area contributed by atoms with Crippen LogP contribution in [0, 0.1) is 0 Å². The molecule has 0 saturated heterocycles. The van der Waals surface area contributed by atoms with E-state index in [2.05, 4.69) is 4.98 Å². The Hall–Kier alpha value is -2.48. The summed E-state index contributed by atoms with van der Waals surface area (Å²) in [5.41, 5.74) is 3.83. The third kappa shape index (κ3) is 2.21. The molecule has 0 fully saturated rings. The lowest BCUT2D eigenvalue weighted by Crippen LogP contribution is -1.96. The van der Waals surface area contributed by atoms with Gasteiger partial charge in [0.2, 0.25) is 0 Å². The number of pyridine rings is 1. The van der Waals surface area contributed by atoms with Crippen LogP contribution in [-0.4, -0.2) is 10.8 Å². The summed E-state index contributed by atoms with van der Waals surface area (Å²) in [4.78, 5) is 16.3. The highest BCUT2D eigenvalue weighted by atomic mass is 16.1. The Morgan fingerprint density at radius 1 is 1.05 bits per heavy atom. The molecule has 20 heavy (non-hydrogen) atoms. The van der Waals surface area contributed by atoms with E-state index in [0.717, 1.165) is 27.6 Å². The minimum absolute atomic E-state index is 0.167. The summed E-state index contributed by atoms with van der Waals surface area (Å²) >= 11 is 0. The molecule has 2 nitrogen and oxygen atoms in total. The van der Waals surface area contributed by atoms with Crippen LogP contribution in [0.4, 0.5) is 0 Å². The van der Waals surface area contributed by atoms with E-state index in [9.17, 15) is 4.79 Å². The van der Waals surface area contributed by atoms with Gasteiger partial charge in [-0.25, -0.2) is 0 Å². The fourth-order valence-electron chi connectivity index (χ4n) is 2.40. The number of ketones is 1. The second-order valence-corrected chi connectivity index (χ2v) is 4.74. The van der Waals surface area contributed by atoms with Crippen molar-refractivity contribution in [1.82, 2.24) is 4.98 Å². The van der Waals surface area contributed by atoms with Gasteiger partial charge in [-0.05, 0) is 17.7 Å². The van der Waals surface area contributed by atoms with Crippen molar-refractivity contribution in [3.05, 3.63) is 66.4 Å². The molecule has 3 aromatic rings. The van der Waals surface area contributed by atoms with Gasteiger partial charge in [-0.15, -0.1) is 0 Å². The zero-order valence-corrected chi connectivity index (χ0v) is 11.3. The minimum Gasteiger partial charge on any atom is -0.294 e. The SMILES string of the molecule is CCC(=O)c1cccc(-c2cccc3cccnc23)c1.